The standard InChI is InChI=1S/C6H12N2O2.C2H6/c1-7-6(10)8-3-2-5(9)4-8;1-2/h5,9H,2-4H2,1H3,(H,7,10);1-2H3/t5-;/m0./s1. The Balaban J connectivity index is 0.000000561. The number of aliphatic hydroxyl groups excluding tert-OH is 1. The van der Waals surface area contributed by atoms with Gasteiger partial charge in [-0.05, 0) is 6.42 Å². The predicted molar refractivity (Wildman–Crippen MR) is 48.0 cm³/mol. The van der Waals surface area contributed by atoms with Crippen LogP contribution in [0.2, 0.25) is 0 Å². The van der Waals surface area contributed by atoms with Gasteiger partial charge < -0.3 is 15.3 Å². The molecule has 1 aliphatic heterocycles. The van der Waals surface area contributed by atoms with E-state index in [1.54, 1.807) is 11.9 Å². The lowest BCUT2D eigenvalue weighted by molar-refractivity contribution is 0.173. The first kappa shape index (κ1) is 11.2. The summed E-state index contributed by atoms with van der Waals surface area (Å²) in [5.41, 5.74) is 0. The van der Waals surface area contributed by atoms with Gasteiger partial charge in [-0.2, -0.15) is 0 Å². The molecule has 0 aromatic carbocycles. The number of β-amino-alcohol motifs (C(OH)–C–C–N with tert-alkyl or cyclic N) is 1. The molecular formula is C8H18N2O2. The molecule has 4 heteroatoms. The number of hydrogen-bond donors (Lipinski definition) is 2. The van der Waals surface area contributed by atoms with Gasteiger partial charge in [-0.15, -0.1) is 0 Å². The Morgan fingerprint density at radius 2 is 2.17 bits per heavy atom. The molecule has 1 atom stereocenters. The summed E-state index contributed by atoms with van der Waals surface area (Å²) in [5.74, 6) is 0. The first-order valence-corrected chi connectivity index (χ1v) is 4.38. The van der Waals surface area contributed by atoms with Crippen LogP contribution in [0.15, 0.2) is 0 Å². The maximum Gasteiger partial charge on any atom is 0.317 e. The van der Waals surface area contributed by atoms with Gasteiger partial charge in [-0.3, -0.25) is 0 Å². The molecule has 0 unspecified atom stereocenters. The third kappa shape index (κ3) is 3.09. The molecule has 0 aromatic rings. The van der Waals surface area contributed by atoms with Crippen molar-refractivity contribution in [1.82, 2.24) is 10.2 Å². The fourth-order valence-corrected chi connectivity index (χ4v) is 1.08. The number of carbonyl (C=O) groups is 1. The first-order valence-electron chi connectivity index (χ1n) is 4.38. The molecule has 0 aromatic heterocycles. The van der Waals surface area contributed by atoms with Crippen molar-refractivity contribution in [2.24, 2.45) is 0 Å². The summed E-state index contributed by atoms with van der Waals surface area (Å²) < 4.78 is 0. The largest absolute Gasteiger partial charge is 0.391 e. The molecule has 72 valence electrons. The van der Waals surface area contributed by atoms with E-state index >= 15 is 0 Å². The molecule has 1 fully saturated rings. The fraction of sp³-hybridized carbons (Fsp3) is 0.875. The number of nitrogens with zero attached hydrogens (tertiary/aromatic N) is 1. The molecule has 4 nitrogen and oxygen atoms in total. The van der Waals surface area contributed by atoms with Crippen molar-refractivity contribution >= 4 is 6.03 Å². The van der Waals surface area contributed by atoms with Gasteiger partial charge in [0.25, 0.3) is 0 Å². The zero-order chi connectivity index (χ0) is 9.56. The molecule has 2 amide bonds. The average molecular weight is 174 g/mol. The minimum Gasteiger partial charge on any atom is -0.391 e. The third-order valence-corrected chi connectivity index (χ3v) is 1.66. The van der Waals surface area contributed by atoms with Crippen molar-refractivity contribution < 1.29 is 9.90 Å². The Hall–Kier alpha value is -0.770. The van der Waals surface area contributed by atoms with Crippen LogP contribution in [0.5, 0.6) is 0 Å². The Labute approximate surface area is 73.6 Å². The summed E-state index contributed by atoms with van der Waals surface area (Å²) >= 11 is 0. The monoisotopic (exact) mass is 174 g/mol. The van der Waals surface area contributed by atoms with Gasteiger partial charge in [-0.1, -0.05) is 13.8 Å². The molecule has 1 aliphatic rings. The van der Waals surface area contributed by atoms with Crippen molar-refractivity contribution in [1.29, 1.82) is 0 Å². The number of amides is 2. The quantitative estimate of drug-likeness (QED) is 0.559. The highest BCUT2D eigenvalue weighted by molar-refractivity contribution is 5.74. The summed E-state index contributed by atoms with van der Waals surface area (Å²) in [7, 11) is 1.59. The highest BCUT2D eigenvalue weighted by Gasteiger charge is 2.23. The molecule has 0 bridgehead atoms. The van der Waals surface area contributed by atoms with Crippen molar-refractivity contribution in [3.63, 3.8) is 0 Å². The molecule has 1 saturated heterocycles. The van der Waals surface area contributed by atoms with E-state index in [4.69, 9.17) is 5.11 Å². The number of nitrogens with one attached hydrogen (secondary N) is 1. The topological polar surface area (TPSA) is 52.6 Å². The normalized spacial score (nSPS) is 21.3. The maximum atomic E-state index is 10.9. The number of aliphatic hydroxyl groups is 1. The van der Waals surface area contributed by atoms with Gasteiger partial charge in [-0.25, -0.2) is 4.79 Å². The minimum atomic E-state index is -0.322. The van der Waals surface area contributed by atoms with E-state index in [2.05, 4.69) is 5.32 Å². The van der Waals surface area contributed by atoms with E-state index in [0.29, 0.717) is 19.5 Å². The van der Waals surface area contributed by atoms with Crippen LogP contribution >= 0.6 is 0 Å². The molecule has 1 rings (SSSR count). The molecule has 1 heterocycles. The Bertz CT molecular complexity index is 139. The second-order valence-corrected chi connectivity index (χ2v) is 2.44. The number of rotatable bonds is 0. The third-order valence-electron chi connectivity index (χ3n) is 1.66. The number of carbonyl (C=O) groups excluding carboxylic acids is 1. The van der Waals surface area contributed by atoms with Crippen molar-refractivity contribution in [2.45, 2.75) is 26.4 Å². The molecule has 0 radical (unpaired) electrons. The molecule has 2 N–H and O–H groups in total. The second kappa shape index (κ2) is 5.83. The molecule has 0 aliphatic carbocycles. The Kier molecular flexibility index (Phi) is 5.45. The lowest BCUT2D eigenvalue weighted by Crippen LogP contribution is -2.36. The maximum absolute atomic E-state index is 10.9. The smallest absolute Gasteiger partial charge is 0.317 e. The van der Waals surface area contributed by atoms with Crippen LogP contribution in [0, 0.1) is 0 Å². The van der Waals surface area contributed by atoms with Crippen molar-refractivity contribution in [3.8, 4) is 0 Å². The van der Waals surface area contributed by atoms with E-state index in [1.165, 1.54) is 0 Å². The number of hydrogen-bond acceptors (Lipinski definition) is 2. The van der Waals surface area contributed by atoms with Gasteiger partial charge in [0, 0.05) is 20.1 Å². The molecule has 12 heavy (non-hydrogen) atoms. The highest BCUT2D eigenvalue weighted by atomic mass is 16.3. The fourth-order valence-electron chi connectivity index (χ4n) is 1.08. The highest BCUT2D eigenvalue weighted by Crippen LogP contribution is 2.07. The van der Waals surface area contributed by atoms with E-state index in [9.17, 15) is 4.79 Å². The Morgan fingerprint density at radius 3 is 2.50 bits per heavy atom. The lowest BCUT2D eigenvalue weighted by Gasteiger charge is -2.13. The Morgan fingerprint density at radius 1 is 1.58 bits per heavy atom. The van der Waals surface area contributed by atoms with E-state index < -0.39 is 0 Å². The van der Waals surface area contributed by atoms with Crippen LogP contribution in [0.1, 0.15) is 20.3 Å². The zero-order valence-electron chi connectivity index (χ0n) is 8.00. The van der Waals surface area contributed by atoms with Gasteiger partial charge in [0.2, 0.25) is 0 Å². The van der Waals surface area contributed by atoms with Crippen LogP contribution in [0.3, 0.4) is 0 Å². The van der Waals surface area contributed by atoms with E-state index in [-0.39, 0.29) is 12.1 Å². The van der Waals surface area contributed by atoms with E-state index in [0.717, 1.165) is 0 Å². The average Bonchev–Trinajstić information content (AvgIpc) is 2.54. The molecular weight excluding hydrogens is 156 g/mol. The second-order valence-electron chi connectivity index (χ2n) is 2.44. The lowest BCUT2D eigenvalue weighted by atomic mass is 10.3. The van der Waals surface area contributed by atoms with Crippen molar-refractivity contribution in [3.05, 3.63) is 0 Å². The van der Waals surface area contributed by atoms with E-state index in [1.807, 2.05) is 13.8 Å². The first-order chi connectivity index (χ1) is 5.74. The molecule has 0 spiro atoms. The number of likely N-dealkylation sites (tertiary alicyclic amines) is 1. The van der Waals surface area contributed by atoms with Crippen LogP contribution in [0.25, 0.3) is 0 Å². The SMILES string of the molecule is CC.CNC(=O)N1CC[C@H](O)C1. The van der Waals surface area contributed by atoms with Crippen LogP contribution in [-0.2, 0) is 0 Å². The van der Waals surface area contributed by atoms with Gasteiger partial charge >= 0.3 is 6.03 Å². The van der Waals surface area contributed by atoms with Gasteiger partial charge in [0.05, 0.1) is 6.10 Å². The summed E-state index contributed by atoms with van der Waals surface area (Å²) in [6.07, 6.45) is 0.380. The van der Waals surface area contributed by atoms with Crippen LogP contribution in [0.4, 0.5) is 4.79 Å². The summed E-state index contributed by atoms with van der Waals surface area (Å²) in [6.45, 7) is 5.14. The predicted octanol–water partition coefficient (Wildman–Crippen LogP) is 0.419. The van der Waals surface area contributed by atoms with Gasteiger partial charge in [0.15, 0.2) is 0 Å². The van der Waals surface area contributed by atoms with Crippen molar-refractivity contribution in [2.75, 3.05) is 20.1 Å². The summed E-state index contributed by atoms with van der Waals surface area (Å²) in [5, 5.41) is 11.5. The van der Waals surface area contributed by atoms with Gasteiger partial charge in [0.1, 0.15) is 0 Å². The number of urea groups is 1. The summed E-state index contributed by atoms with van der Waals surface area (Å²) in [4.78, 5) is 12.5. The summed E-state index contributed by atoms with van der Waals surface area (Å²) in [6, 6.07) is -0.100. The van der Waals surface area contributed by atoms with Crippen LogP contribution < -0.4 is 5.32 Å². The van der Waals surface area contributed by atoms with Crippen LogP contribution in [-0.4, -0.2) is 42.3 Å². The minimum absolute atomic E-state index is 0.100. The molecule has 0 saturated carbocycles. The zero-order valence-corrected chi connectivity index (χ0v) is 8.00.